The lowest BCUT2D eigenvalue weighted by Gasteiger charge is -2.28. The van der Waals surface area contributed by atoms with Gasteiger partial charge in [0.05, 0.1) is 4.90 Å². The van der Waals surface area contributed by atoms with Crippen LogP contribution >= 0.6 is 0 Å². The molecule has 0 bridgehead atoms. The molecule has 2 aliphatic carbocycles. The van der Waals surface area contributed by atoms with Gasteiger partial charge in [-0.15, -0.1) is 0 Å². The molecule has 6 heteroatoms. The molecule has 1 aromatic carbocycles. The van der Waals surface area contributed by atoms with Crippen molar-refractivity contribution in [2.75, 3.05) is 6.54 Å². The third-order valence-corrected chi connectivity index (χ3v) is 7.76. The van der Waals surface area contributed by atoms with E-state index in [9.17, 15) is 13.2 Å². The van der Waals surface area contributed by atoms with Crippen LogP contribution in [-0.2, 0) is 16.4 Å². The number of aromatic amines is 1. The van der Waals surface area contributed by atoms with E-state index in [4.69, 9.17) is 0 Å². The van der Waals surface area contributed by atoms with Crippen LogP contribution in [0.4, 0.5) is 0 Å². The van der Waals surface area contributed by atoms with E-state index in [1.165, 1.54) is 18.4 Å². The maximum atomic E-state index is 12.9. The fourth-order valence-electron chi connectivity index (χ4n) is 4.75. The first-order chi connectivity index (χ1) is 13.7. The number of carbonyl (C=O) groups is 1. The second kappa shape index (κ2) is 7.40. The summed E-state index contributed by atoms with van der Waals surface area (Å²) in [5.41, 5.74) is 4.33. The average Bonchev–Trinajstić information content (AvgIpc) is 2.97. The van der Waals surface area contributed by atoms with Gasteiger partial charge in [0.1, 0.15) is 0 Å². The van der Waals surface area contributed by atoms with Crippen LogP contribution in [0, 0.1) is 12.3 Å². The van der Waals surface area contributed by atoms with Crippen LogP contribution in [0.3, 0.4) is 0 Å². The highest BCUT2D eigenvalue weighted by Gasteiger charge is 2.34. The molecule has 1 aromatic heterocycles. The van der Waals surface area contributed by atoms with Gasteiger partial charge in [0.2, 0.25) is 10.0 Å². The van der Waals surface area contributed by atoms with Crippen molar-refractivity contribution < 1.29 is 13.2 Å². The topological polar surface area (TPSA) is 79.0 Å². The predicted molar refractivity (Wildman–Crippen MR) is 116 cm³/mol. The van der Waals surface area contributed by atoms with Crippen LogP contribution in [0.1, 0.15) is 74.0 Å². The Labute approximate surface area is 173 Å². The lowest BCUT2D eigenvalue weighted by molar-refractivity contribution is 0.0913. The molecule has 4 rings (SSSR count). The third-order valence-electron chi connectivity index (χ3n) is 6.16. The summed E-state index contributed by atoms with van der Waals surface area (Å²) in [5, 5.41) is 0.837. The van der Waals surface area contributed by atoms with Gasteiger partial charge in [0.25, 0.3) is 0 Å². The van der Waals surface area contributed by atoms with Gasteiger partial charge in [0.15, 0.2) is 5.78 Å². The first kappa shape index (κ1) is 20.4. The normalized spacial score (nSPS) is 19.3. The summed E-state index contributed by atoms with van der Waals surface area (Å²) in [6, 6.07) is 3.53. The predicted octanol–water partition coefficient (Wildman–Crippen LogP) is 4.80. The molecule has 2 aliphatic rings. The first-order valence-corrected chi connectivity index (χ1v) is 12.0. The van der Waals surface area contributed by atoms with Crippen molar-refractivity contribution in [2.45, 2.75) is 70.6 Å². The molecule has 0 saturated carbocycles. The van der Waals surface area contributed by atoms with Crippen molar-refractivity contribution in [2.24, 2.45) is 5.41 Å². The quantitative estimate of drug-likeness (QED) is 0.690. The Morgan fingerprint density at radius 2 is 1.97 bits per heavy atom. The molecule has 29 heavy (non-hydrogen) atoms. The standard InChI is InChI=1S/C23H30N2O3S/c1-15-11-17-18(25-19-13-23(2,3)14-20(26)22(17)19)12-21(15)29(27,28)24-10-9-16-7-5-4-6-8-16/h7,11-12,24-25H,4-6,8-10,13-14H2,1-3H3. The number of rotatable bonds is 5. The molecule has 2 aromatic rings. The second-order valence-electron chi connectivity index (χ2n) is 9.34. The highest BCUT2D eigenvalue weighted by molar-refractivity contribution is 7.89. The first-order valence-electron chi connectivity index (χ1n) is 10.5. The number of ketones is 1. The Hall–Kier alpha value is -1.92. The van der Waals surface area contributed by atoms with E-state index < -0.39 is 10.0 Å². The minimum Gasteiger partial charge on any atom is -0.358 e. The van der Waals surface area contributed by atoms with Crippen LogP contribution in [0.25, 0.3) is 10.9 Å². The van der Waals surface area contributed by atoms with Gasteiger partial charge in [-0.3, -0.25) is 4.79 Å². The average molecular weight is 415 g/mol. The maximum absolute atomic E-state index is 12.9. The number of aryl methyl sites for hydroxylation is 1. The van der Waals surface area contributed by atoms with Crippen molar-refractivity contribution in [1.29, 1.82) is 0 Å². The molecule has 1 heterocycles. The summed E-state index contributed by atoms with van der Waals surface area (Å²) in [7, 11) is -3.60. The minimum absolute atomic E-state index is 0.0791. The number of benzene rings is 1. The van der Waals surface area contributed by atoms with Crippen LogP contribution < -0.4 is 4.72 Å². The Morgan fingerprint density at radius 1 is 1.17 bits per heavy atom. The zero-order valence-electron chi connectivity index (χ0n) is 17.5. The smallest absolute Gasteiger partial charge is 0.240 e. The minimum atomic E-state index is -3.60. The Kier molecular flexibility index (Phi) is 5.20. The Balaban J connectivity index is 1.61. The molecule has 156 valence electrons. The van der Waals surface area contributed by atoms with Crippen LogP contribution in [0.2, 0.25) is 0 Å². The molecule has 0 unspecified atom stereocenters. The number of Topliss-reactive ketones (excluding diaryl/α,β-unsaturated/α-hetero) is 1. The maximum Gasteiger partial charge on any atom is 0.240 e. The van der Waals surface area contributed by atoms with Crippen molar-refractivity contribution in [3.63, 3.8) is 0 Å². The van der Waals surface area contributed by atoms with Crippen molar-refractivity contribution in [1.82, 2.24) is 9.71 Å². The number of allylic oxidation sites excluding steroid dienone is 1. The number of hydrogen-bond acceptors (Lipinski definition) is 3. The van der Waals surface area contributed by atoms with Crippen LogP contribution in [0.5, 0.6) is 0 Å². The lowest BCUT2D eigenvalue weighted by atomic mass is 9.76. The monoisotopic (exact) mass is 414 g/mol. The zero-order chi connectivity index (χ0) is 20.8. The van der Waals surface area contributed by atoms with Gasteiger partial charge in [0, 0.05) is 35.1 Å². The van der Waals surface area contributed by atoms with Gasteiger partial charge in [-0.2, -0.15) is 0 Å². The number of aromatic nitrogens is 1. The number of fused-ring (bicyclic) bond motifs is 3. The summed E-state index contributed by atoms with van der Waals surface area (Å²) in [6.07, 6.45) is 8.92. The number of hydrogen-bond donors (Lipinski definition) is 2. The fraction of sp³-hybridized carbons (Fsp3) is 0.522. The van der Waals surface area contributed by atoms with Gasteiger partial charge in [-0.05, 0) is 68.6 Å². The van der Waals surface area contributed by atoms with Crippen LogP contribution in [-0.4, -0.2) is 25.7 Å². The molecule has 0 radical (unpaired) electrons. The summed E-state index contributed by atoms with van der Waals surface area (Å²) in [4.78, 5) is 16.3. The highest BCUT2D eigenvalue weighted by atomic mass is 32.2. The molecule has 0 spiro atoms. The van der Waals surface area contributed by atoms with Crippen molar-refractivity contribution in [3.8, 4) is 0 Å². The molecule has 0 amide bonds. The van der Waals surface area contributed by atoms with Gasteiger partial charge in [-0.1, -0.05) is 25.5 Å². The van der Waals surface area contributed by atoms with E-state index >= 15 is 0 Å². The molecule has 0 atom stereocenters. The van der Waals surface area contributed by atoms with E-state index in [0.29, 0.717) is 18.5 Å². The number of carbonyl (C=O) groups excluding carboxylic acids is 1. The largest absolute Gasteiger partial charge is 0.358 e. The number of nitrogens with one attached hydrogen (secondary N) is 2. The molecule has 0 saturated heterocycles. The van der Waals surface area contributed by atoms with Crippen LogP contribution in [0.15, 0.2) is 28.7 Å². The van der Waals surface area contributed by atoms with Gasteiger partial charge in [-0.25, -0.2) is 13.1 Å². The summed E-state index contributed by atoms with van der Waals surface area (Å²) >= 11 is 0. The molecule has 2 N–H and O–H groups in total. The summed E-state index contributed by atoms with van der Waals surface area (Å²) in [6.45, 7) is 6.40. The van der Waals surface area contributed by atoms with Crippen molar-refractivity contribution in [3.05, 3.63) is 40.6 Å². The molecular formula is C23H30N2O3S. The van der Waals surface area contributed by atoms with E-state index in [0.717, 1.165) is 47.8 Å². The SMILES string of the molecule is Cc1cc2c3c([nH]c2cc1S(=O)(=O)NCCC1=CCCCC1)CC(C)(C)CC3=O. The fourth-order valence-corrected chi connectivity index (χ4v) is 6.03. The molecular weight excluding hydrogens is 384 g/mol. The third kappa shape index (κ3) is 4.05. The number of H-pyrrole nitrogens is 1. The second-order valence-corrected chi connectivity index (χ2v) is 11.1. The molecule has 0 fully saturated rings. The van der Waals surface area contributed by atoms with Gasteiger partial charge < -0.3 is 4.98 Å². The molecule has 0 aliphatic heterocycles. The Morgan fingerprint density at radius 3 is 2.69 bits per heavy atom. The van der Waals surface area contributed by atoms with E-state index in [1.807, 2.05) is 6.07 Å². The summed E-state index contributed by atoms with van der Waals surface area (Å²) < 4.78 is 28.6. The van der Waals surface area contributed by atoms with E-state index in [2.05, 4.69) is 29.6 Å². The lowest BCUT2D eigenvalue weighted by Crippen LogP contribution is -2.26. The van der Waals surface area contributed by atoms with E-state index in [1.54, 1.807) is 13.0 Å². The number of sulfonamides is 1. The molecule has 5 nitrogen and oxygen atoms in total. The van der Waals surface area contributed by atoms with E-state index in [-0.39, 0.29) is 16.1 Å². The zero-order valence-corrected chi connectivity index (χ0v) is 18.3. The Bertz CT molecular complexity index is 1110. The van der Waals surface area contributed by atoms with Gasteiger partial charge >= 0.3 is 0 Å². The highest BCUT2D eigenvalue weighted by Crippen LogP contribution is 2.39. The summed E-state index contributed by atoms with van der Waals surface area (Å²) in [5.74, 6) is 0.136. The van der Waals surface area contributed by atoms with Crippen molar-refractivity contribution >= 4 is 26.7 Å².